The summed E-state index contributed by atoms with van der Waals surface area (Å²) in [6, 6.07) is 0.824. The molecular formula is C34H44F3N5O8. The molecule has 1 aromatic carbocycles. The molecule has 0 aromatic heterocycles. The summed E-state index contributed by atoms with van der Waals surface area (Å²) in [6.45, 7) is 7.52. The zero-order valence-electron chi connectivity index (χ0n) is 28.6. The number of benzene rings is 1. The van der Waals surface area contributed by atoms with Crippen LogP contribution in [0.2, 0.25) is 0 Å². The number of alkyl halides is 3. The summed E-state index contributed by atoms with van der Waals surface area (Å²) in [5, 5.41) is 12.1. The summed E-state index contributed by atoms with van der Waals surface area (Å²) in [5.41, 5.74) is -2.22. The predicted molar refractivity (Wildman–Crippen MR) is 172 cm³/mol. The number of carbonyl (C=O) groups excluding carboxylic acids is 5. The highest BCUT2D eigenvalue weighted by molar-refractivity contribution is 6.38. The number of Topliss-reactive ketones (excluding diaryl/α,β-unsaturated/α-hetero) is 1. The van der Waals surface area contributed by atoms with Crippen LogP contribution in [0.25, 0.3) is 0 Å². The summed E-state index contributed by atoms with van der Waals surface area (Å²) in [5.74, 6) is -2.91. The van der Waals surface area contributed by atoms with Gasteiger partial charge in [0, 0.05) is 25.3 Å². The second-order valence-corrected chi connectivity index (χ2v) is 14.5. The summed E-state index contributed by atoms with van der Waals surface area (Å²) >= 11 is 0. The van der Waals surface area contributed by atoms with Crippen LogP contribution in [0.15, 0.2) is 29.4 Å². The SMILES string of the molecule is CCC[C@H](NC(=O)[C@@H]1C[C@@]2(CC(c3ccc(C(F)(F)F)cc3)=NO2)CN1C(=O)[C@@H](NC(=O)O[C@H]1CCOC1)C(C)(C)C)C(=O)C(=O)NC1CC1. The predicted octanol–water partition coefficient (Wildman–Crippen LogP) is 3.23. The fourth-order valence-corrected chi connectivity index (χ4v) is 6.33. The van der Waals surface area contributed by atoms with Gasteiger partial charge < -0.3 is 35.2 Å². The Morgan fingerprint density at radius 1 is 1.06 bits per heavy atom. The van der Waals surface area contributed by atoms with Gasteiger partial charge in [-0.15, -0.1) is 0 Å². The number of hydrogen-bond donors (Lipinski definition) is 3. The number of ether oxygens (including phenoxy) is 2. The lowest BCUT2D eigenvalue weighted by molar-refractivity contribution is -0.144. The lowest BCUT2D eigenvalue weighted by Gasteiger charge is -2.35. The normalized spacial score (nSPS) is 24.6. The van der Waals surface area contributed by atoms with Crippen LogP contribution in [0.1, 0.15) is 83.8 Å². The lowest BCUT2D eigenvalue weighted by atomic mass is 9.85. The summed E-state index contributed by atoms with van der Waals surface area (Å²) < 4.78 is 50.3. The van der Waals surface area contributed by atoms with E-state index in [2.05, 4.69) is 21.1 Å². The number of halogens is 3. The van der Waals surface area contributed by atoms with E-state index < -0.39 is 76.6 Å². The monoisotopic (exact) mass is 707 g/mol. The average molecular weight is 708 g/mol. The van der Waals surface area contributed by atoms with Gasteiger partial charge in [-0.1, -0.05) is 51.4 Å². The van der Waals surface area contributed by atoms with E-state index >= 15 is 0 Å². The molecule has 4 amide bonds. The second kappa shape index (κ2) is 14.6. The first-order valence-corrected chi connectivity index (χ1v) is 16.9. The third-order valence-corrected chi connectivity index (χ3v) is 9.25. The Bertz CT molecular complexity index is 1500. The van der Waals surface area contributed by atoms with E-state index in [9.17, 15) is 37.1 Å². The largest absolute Gasteiger partial charge is 0.444 e. The Balaban J connectivity index is 1.39. The van der Waals surface area contributed by atoms with E-state index in [1.165, 1.54) is 17.0 Å². The van der Waals surface area contributed by atoms with Crippen molar-refractivity contribution in [3.63, 3.8) is 0 Å². The molecule has 3 N–H and O–H groups in total. The van der Waals surface area contributed by atoms with Crippen molar-refractivity contribution in [2.24, 2.45) is 10.6 Å². The first-order chi connectivity index (χ1) is 23.5. The van der Waals surface area contributed by atoms with Gasteiger partial charge in [-0.2, -0.15) is 13.2 Å². The Morgan fingerprint density at radius 2 is 1.76 bits per heavy atom. The molecule has 0 bridgehead atoms. The number of ketones is 1. The highest BCUT2D eigenvalue weighted by atomic mass is 19.4. The van der Waals surface area contributed by atoms with Gasteiger partial charge in [-0.3, -0.25) is 19.2 Å². The first kappa shape index (κ1) is 37.1. The minimum Gasteiger partial charge on any atom is -0.444 e. The molecule has 3 fully saturated rings. The average Bonchev–Trinajstić information content (AvgIpc) is 3.39. The molecule has 274 valence electrons. The van der Waals surface area contributed by atoms with Crippen molar-refractivity contribution in [2.75, 3.05) is 19.8 Å². The molecule has 4 aliphatic rings. The quantitative estimate of drug-likeness (QED) is 0.295. The number of rotatable bonds is 11. The molecule has 5 rings (SSSR count). The van der Waals surface area contributed by atoms with Gasteiger partial charge in [0.25, 0.3) is 5.91 Å². The molecule has 0 unspecified atom stereocenters. The molecule has 1 spiro atoms. The summed E-state index contributed by atoms with van der Waals surface area (Å²) in [7, 11) is 0. The summed E-state index contributed by atoms with van der Waals surface area (Å²) in [6.07, 6.45) is -3.15. The van der Waals surface area contributed by atoms with Crippen molar-refractivity contribution in [1.29, 1.82) is 0 Å². The van der Waals surface area contributed by atoms with E-state index in [1.54, 1.807) is 27.7 Å². The molecule has 5 atom stereocenters. The Hall–Kier alpha value is -4.21. The molecule has 3 aliphatic heterocycles. The number of amides is 4. The minimum absolute atomic E-state index is 0.0599. The molecule has 50 heavy (non-hydrogen) atoms. The van der Waals surface area contributed by atoms with E-state index in [0.717, 1.165) is 25.0 Å². The van der Waals surface area contributed by atoms with E-state index in [1.807, 2.05) is 0 Å². The van der Waals surface area contributed by atoms with Crippen LogP contribution in [0.3, 0.4) is 0 Å². The highest BCUT2D eigenvalue weighted by Gasteiger charge is 2.56. The van der Waals surface area contributed by atoms with Crippen molar-refractivity contribution in [1.82, 2.24) is 20.9 Å². The lowest BCUT2D eigenvalue weighted by Crippen LogP contribution is -2.59. The topological polar surface area (TPSA) is 165 Å². The third-order valence-electron chi connectivity index (χ3n) is 9.25. The van der Waals surface area contributed by atoms with E-state index in [4.69, 9.17) is 14.3 Å². The smallest absolute Gasteiger partial charge is 0.416 e. The van der Waals surface area contributed by atoms with Crippen LogP contribution in [-0.4, -0.2) is 95.8 Å². The third kappa shape index (κ3) is 8.74. The van der Waals surface area contributed by atoms with Crippen LogP contribution in [-0.2, 0) is 39.7 Å². The standard InChI is InChI=1S/C34H44F3N5O8/c1-5-6-23(26(43)29(45)38-21-11-12-21)39-28(44)25-16-33(15-24(41-50-33)19-7-9-20(10-8-19)34(35,36)37)18-42(25)30(46)27(32(2,3)4)40-31(47)49-22-13-14-48-17-22/h7-10,21-23,25,27H,5-6,11-18H2,1-4H3,(H,38,45)(H,39,44)(H,40,47)/t22-,23-,25-,27+,33-/m0/s1. The number of nitrogens with zero attached hydrogens (tertiary/aromatic N) is 2. The van der Waals surface area contributed by atoms with E-state index in [0.29, 0.717) is 30.7 Å². The zero-order chi connectivity index (χ0) is 36.4. The molecule has 1 saturated carbocycles. The van der Waals surface area contributed by atoms with Crippen LogP contribution in [0.5, 0.6) is 0 Å². The van der Waals surface area contributed by atoms with Crippen molar-refractivity contribution >= 4 is 35.3 Å². The molecule has 16 heteroatoms. The summed E-state index contributed by atoms with van der Waals surface area (Å²) in [4.78, 5) is 74.3. The number of nitrogens with one attached hydrogen (secondary N) is 3. The highest BCUT2D eigenvalue weighted by Crippen LogP contribution is 2.40. The molecule has 2 saturated heterocycles. The molecule has 13 nitrogen and oxygen atoms in total. The Kier molecular flexibility index (Phi) is 10.8. The van der Waals surface area contributed by atoms with Crippen molar-refractivity contribution in [3.8, 4) is 0 Å². The zero-order valence-corrected chi connectivity index (χ0v) is 28.6. The second-order valence-electron chi connectivity index (χ2n) is 14.5. The minimum atomic E-state index is -4.52. The van der Waals surface area contributed by atoms with Gasteiger partial charge in [0.1, 0.15) is 18.2 Å². The van der Waals surface area contributed by atoms with Gasteiger partial charge >= 0.3 is 12.3 Å². The van der Waals surface area contributed by atoms with Gasteiger partial charge in [0.15, 0.2) is 5.60 Å². The van der Waals surface area contributed by atoms with Gasteiger partial charge in [0.2, 0.25) is 17.6 Å². The van der Waals surface area contributed by atoms with Gasteiger partial charge in [0.05, 0.1) is 37.1 Å². The Labute approximate surface area is 288 Å². The van der Waals surface area contributed by atoms with Crippen molar-refractivity contribution in [3.05, 3.63) is 35.4 Å². The van der Waals surface area contributed by atoms with Crippen LogP contribution >= 0.6 is 0 Å². The molecular weight excluding hydrogens is 663 g/mol. The molecule has 1 aromatic rings. The van der Waals surface area contributed by atoms with Gasteiger partial charge in [-0.25, -0.2) is 4.79 Å². The van der Waals surface area contributed by atoms with Crippen LogP contribution < -0.4 is 16.0 Å². The van der Waals surface area contributed by atoms with Crippen molar-refractivity contribution in [2.45, 2.75) is 115 Å². The first-order valence-electron chi connectivity index (χ1n) is 16.9. The van der Waals surface area contributed by atoms with Gasteiger partial charge in [-0.05, 0) is 42.4 Å². The molecule has 0 radical (unpaired) electrons. The number of likely N-dealkylation sites (tertiary alicyclic amines) is 1. The number of oxime groups is 1. The Morgan fingerprint density at radius 3 is 2.34 bits per heavy atom. The maximum Gasteiger partial charge on any atom is 0.416 e. The number of carbonyl (C=O) groups is 5. The molecule has 3 heterocycles. The molecule has 1 aliphatic carbocycles. The van der Waals surface area contributed by atoms with Crippen molar-refractivity contribution < 1.29 is 51.5 Å². The maximum atomic E-state index is 14.4. The number of hydrogen-bond acceptors (Lipinski definition) is 9. The van der Waals surface area contributed by atoms with Crippen LogP contribution in [0.4, 0.5) is 18.0 Å². The fourth-order valence-electron chi connectivity index (χ4n) is 6.33. The van der Waals surface area contributed by atoms with E-state index in [-0.39, 0.29) is 38.5 Å². The van der Waals surface area contributed by atoms with Crippen LogP contribution in [0, 0.1) is 5.41 Å². The number of alkyl carbamates (subject to hydrolysis) is 1. The fraction of sp³-hybridized carbons (Fsp3) is 0.647. The maximum absolute atomic E-state index is 14.4.